The van der Waals surface area contributed by atoms with E-state index in [0.717, 1.165) is 23.7 Å². The minimum atomic E-state index is -0.0386. The average Bonchev–Trinajstić information content (AvgIpc) is 2.98. The minimum Gasteiger partial charge on any atom is -0.382 e. The number of benzene rings is 1. The SMILES string of the molecule is COCCOCCCCNC(=O)c1cccc2cc[nH]c12. The first-order valence-corrected chi connectivity index (χ1v) is 7.24. The fourth-order valence-corrected chi connectivity index (χ4v) is 2.14. The van der Waals surface area contributed by atoms with Crippen LogP contribution in [0.2, 0.25) is 0 Å². The van der Waals surface area contributed by atoms with Gasteiger partial charge in [0.05, 0.1) is 24.3 Å². The molecule has 1 aromatic carbocycles. The summed E-state index contributed by atoms with van der Waals surface area (Å²) in [6.45, 7) is 2.60. The molecule has 5 nitrogen and oxygen atoms in total. The normalized spacial score (nSPS) is 10.9. The summed E-state index contributed by atoms with van der Waals surface area (Å²) in [7, 11) is 1.66. The molecule has 0 aliphatic rings. The molecule has 1 heterocycles. The molecule has 0 saturated carbocycles. The predicted molar refractivity (Wildman–Crippen MR) is 82.6 cm³/mol. The van der Waals surface area contributed by atoms with Crippen molar-refractivity contribution < 1.29 is 14.3 Å². The molecule has 114 valence electrons. The van der Waals surface area contributed by atoms with Crippen molar-refractivity contribution in [1.29, 1.82) is 0 Å². The van der Waals surface area contributed by atoms with Gasteiger partial charge in [0.1, 0.15) is 0 Å². The second kappa shape index (κ2) is 8.44. The highest BCUT2D eigenvalue weighted by molar-refractivity contribution is 6.05. The molecular formula is C16H22N2O3. The molecule has 1 amide bonds. The van der Waals surface area contributed by atoms with Gasteiger partial charge in [-0.3, -0.25) is 4.79 Å². The summed E-state index contributed by atoms with van der Waals surface area (Å²) in [6.07, 6.45) is 3.68. The van der Waals surface area contributed by atoms with E-state index in [2.05, 4.69) is 10.3 Å². The predicted octanol–water partition coefficient (Wildman–Crippen LogP) is 2.34. The van der Waals surface area contributed by atoms with Gasteiger partial charge in [-0.1, -0.05) is 12.1 Å². The van der Waals surface area contributed by atoms with E-state index >= 15 is 0 Å². The Hall–Kier alpha value is -1.85. The summed E-state index contributed by atoms with van der Waals surface area (Å²) >= 11 is 0. The van der Waals surface area contributed by atoms with E-state index in [0.29, 0.717) is 31.9 Å². The van der Waals surface area contributed by atoms with Crippen molar-refractivity contribution >= 4 is 16.8 Å². The Morgan fingerprint density at radius 3 is 2.95 bits per heavy atom. The van der Waals surface area contributed by atoms with Gasteiger partial charge >= 0.3 is 0 Å². The fourth-order valence-electron chi connectivity index (χ4n) is 2.14. The van der Waals surface area contributed by atoms with Crippen LogP contribution >= 0.6 is 0 Å². The molecule has 21 heavy (non-hydrogen) atoms. The Morgan fingerprint density at radius 2 is 2.10 bits per heavy atom. The maximum atomic E-state index is 12.2. The minimum absolute atomic E-state index is 0.0386. The first-order chi connectivity index (χ1) is 10.3. The highest BCUT2D eigenvalue weighted by Gasteiger charge is 2.09. The summed E-state index contributed by atoms with van der Waals surface area (Å²) in [5, 5.41) is 3.99. The molecule has 1 aromatic heterocycles. The Balaban J connectivity index is 1.69. The summed E-state index contributed by atoms with van der Waals surface area (Å²) in [5.41, 5.74) is 1.58. The lowest BCUT2D eigenvalue weighted by Crippen LogP contribution is -2.24. The van der Waals surface area contributed by atoms with Gasteiger partial charge in [-0.2, -0.15) is 0 Å². The zero-order valence-electron chi connectivity index (χ0n) is 12.4. The fraction of sp³-hybridized carbons (Fsp3) is 0.438. The molecule has 0 aliphatic heterocycles. The molecule has 0 unspecified atom stereocenters. The number of aromatic amines is 1. The lowest BCUT2D eigenvalue weighted by atomic mass is 10.1. The quantitative estimate of drug-likeness (QED) is 0.697. The topological polar surface area (TPSA) is 63.4 Å². The average molecular weight is 290 g/mol. The van der Waals surface area contributed by atoms with E-state index in [1.807, 2.05) is 30.5 Å². The zero-order valence-corrected chi connectivity index (χ0v) is 12.4. The van der Waals surface area contributed by atoms with Crippen molar-refractivity contribution in [2.75, 3.05) is 33.5 Å². The van der Waals surface area contributed by atoms with Gasteiger partial charge in [-0.15, -0.1) is 0 Å². The zero-order chi connectivity index (χ0) is 14.9. The number of hydrogen-bond donors (Lipinski definition) is 2. The van der Waals surface area contributed by atoms with Crippen LogP contribution in [0.15, 0.2) is 30.5 Å². The van der Waals surface area contributed by atoms with Gasteiger partial charge in [-0.05, 0) is 25.0 Å². The first kappa shape index (κ1) is 15.5. The second-order valence-corrected chi connectivity index (χ2v) is 4.82. The van der Waals surface area contributed by atoms with Crippen LogP contribution in [0.5, 0.6) is 0 Å². The molecule has 0 aliphatic carbocycles. The molecule has 5 heteroatoms. The maximum absolute atomic E-state index is 12.2. The first-order valence-electron chi connectivity index (χ1n) is 7.24. The van der Waals surface area contributed by atoms with Crippen LogP contribution in [0.4, 0.5) is 0 Å². The second-order valence-electron chi connectivity index (χ2n) is 4.82. The van der Waals surface area contributed by atoms with Crippen LogP contribution in [-0.4, -0.2) is 44.4 Å². The van der Waals surface area contributed by atoms with Gasteiger partial charge in [0.2, 0.25) is 0 Å². The molecular weight excluding hydrogens is 268 g/mol. The number of carbonyl (C=O) groups is 1. The van der Waals surface area contributed by atoms with E-state index in [1.54, 1.807) is 7.11 Å². The number of rotatable bonds is 9. The van der Waals surface area contributed by atoms with Crippen molar-refractivity contribution in [1.82, 2.24) is 10.3 Å². The number of H-pyrrole nitrogens is 1. The third kappa shape index (κ3) is 4.58. The number of fused-ring (bicyclic) bond motifs is 1. The number of methoxy groups -OCH3 is 1. The van der Waals surface area contributed by atoms with Crippen molar-refractivity contribution in [3.63, 3.8) is 0 Å². The Labute approximate surface area is 124 Å². The summed E-state index contributed by atoms with van der Waals surface area (Å²) in [5.74, 6) is -0.0386. The van der Waals surface area contributed by atoms with E-state index in [1.165, 1.54) is 0 Å². The van der Waals surface area contributed by atoms with Crippen molar-refractivity contribution in [2.24, 2.45) is 0 Å². The van der Waals surface area contributed by atoms with Gasteiger partial charge in [0.25, 0.3) is 5.91 Å². The van der Waals surface area contributed by atoms with Crippen LogP contribution in [-0.2, 0) is 9.47 Å². The summed E-state index contributed by atoms with van der Waals surface area (Å²) in [4.78, 5) is 15.3. The number of amides is 1. The Kier molecular flexibility index (Phi) is 6.24. The largest absolute Gasteiger partial charge is 0.382 e. The summed E-state index contributed by atoms with van der Waals surface area (Å²) < 4.78 is 10.3. The number of para-hydroxylation sites is 1. The van der Waals surface area contributed by atoms with E-state index < -0.39 is 0 Å². The van der Waals surface area contributed by atoms with Gasteiger partial charge < -0.3 is 19.8 Å². The van der Waals surface area contributed by atoms with E-state index in [-0.39, 0.29) is 5.91 Å². The number of carbonyl (C=O) groups excluding carboxylic acids is 1. The van der Waals surface area contributed by atoms with Gasteiger partial charge in [0.15, 0.2) is 0 Å². The van der Waals surface area contributed by atoms with Crippen molar-refractivity contribution in [3.05, 3.63) is 36.0 Å². The van der Waals surface area contributed by atoms with Gasteiger partial charge in [0, 0.05) is 31.8 Å². The molecule has 2 aromatic rings. The number of ether oxygens (including phenoxy) is 2. The Morgan fingerprint density at radius 1 is 1.19 bits per heavy atom. The standard InChI is InChI=1S/C16H22N2O3/c1-20-11-12-21-10-3-2-8-18-16(19)14-6-4-5-13-7-9-17-15(13)14/h4-7,9,17H,2-3,8,10-12H2,1H3,(H,18,19). The van der Waals surface area contributed by atoms with Gasteiger partial charge in [-0.25, -0.2) is 0 Å². The number of unbranched alkanes of at least 4 members (excludes halogenated alkanes) is 1. The van der Waals surface area contributed by atoms with Crippen LogP contribution in [0.25, 0.3) is 10.9 Å². The number of nitrogens with one attached hydrogen (secondary N) is 2. The van der Waals surface area contributed by atoms with Crippen LogP contribution < -0.4 is 5.32 Å². The molecule has 0 radical (unpaired) electrons. The van der Waals surface area contributed by atoms with Crippen molar-refractivity contribution in [2.45, 2.75) is 12.8 Å². The van der Waals surface area contributed by atoms with Crippen molar-refractivity contribution in [3.8, 4) is 0 Å². The highest BCUT2D eigenvalue weighted by atomic mass is 16.5. The van der Waals surface area contributed by atoms with Crippen LogP contribution in [0, 0.1) is 0 Å². The molecule has 0 bridgehead atoms. The van der Waals surface area contributed by atoms with Crippen LogP contribution in [0.1, 0.15) is 23.2 Å². The molecule has 0 spiro atoms. The third-order valence-electron chi connectivity index (χ3n) is 3.26. The highest BCUT2D eigenvalue weighted by Crippen LogP contribution is 2.16. The lowest BCUT2D eigenvalue weighted by Gasteiger charge is -2.07. The molecule has 0 saturated heterocycles. The number of hydrogen-bond acceptors (Lipinski definition) is 3. The molecule has 2 N–H and O–H groups in total. The van der Waals surface area contributed by atoms with E-state index in [9.17, 15) is 4.79 Å². The Bertz CT molecular complexity index is 565. The molecule has 0 fully saturated rings. The lowest BCUT2D eigenvalue weighted by molar-refractivity contribution is 0.0686. The number of aromatic nitrogens is 1. The molecule has 2 rings (SSSR count). The molecule has 0 atom stereocenters. The monoisotopic (exact) mass is 290 g/mol. The smallest absolute Gasteiger partial charge is 0.253 e. The maximum Gasteiger partial charge on any atom is 0.253 e. The van der Waals surface area contributed by atoms with Crippen LogP contribution in [0.3, 0.4) is 0 Å². The third-order valence-corrected chi connectivity index (χ3v) is 3.26. The van der Waals surface area contributed by atoms with E-state index in [4.69, 9.17) is 9.47 Å². The summed E-state index contributed by atoms with van der Waals surface area (Å²) in [6, 6.07) is 7.68.